The van der Waals surface area contributed by atoms with Crippen LogP contribution >= 0.6 is 15.9 Å². The molecule has 3 N–H and O–H groups in total. The SMILES string of the molecule is Nc1cnc(Oc2cc(Br)ccc2F)cc1C(=O)O. The van der Waals surface area contributed by atoms with E-state index in [2.05, 4.69) is 20.9 Å². The lowest BCUT2D eigenvalue weighted by Gasteiger charge is -2.08. The Balaban J connectivity index is 2.36. The van der Waals surface area contributed by atoms with Crippen LogP contribution in [0.4, 0.5) is 10.1 Å². The number of carboxylic acid groups (broad SMARTS) is 1. The second-order valence-corrected chi connectivity index (χ2v) is 4.51. The van der Waals surface area contributed by atoms with Crippen molar-refractivity contribution in [3.05, 3.63) is 46.3 Å². The van der Waals surface area contributed by atoms with Crippen molar-refractivity contribution in [2.24, 2.45) is 0 Å². The molecule has 0 aliphatic rings. The monoisotopic (exact) mass is 326 g/mol. The molecule has 0 bridgehead atoms. The van der Waals surface area contributed by atoms with Gasteiger partial charge < -0.3 is 15.6 Å². The molecule has 98 valence electrons. The van der Waals surface area contributed by atoms with Crippen molar-refractivity contribution in [1.82, 2.24) is 4.98 Å². The van der Waals surface area contributed by atoms with Crippen LogP contribution < -0.4 is 10.5 Å². The average molecular weight is 327 g/mol. The van der Waals surface area contributed by atoms with Gasteiger partial charge in [-0.1, -0.05) is 15.9 Å². The predicted octanol–water partition coefficient (Wildman–Crippen LogP) is 3.06. The number of carbonyl (C=O) groups is 1. The molecule has 0 atom stereocenters. The third kappa shape index (κ3) is 3.00. The summed E-state index contributed by atoms with van der Waals surface area (Å²) in [6, 6.07) is 5.28. The summed E-state index contributed by atoms with van der Waals surface area (Å²) >= 11 is 3.18. The second kappa shape index (κ2) is 5.23. The number of hydrogen-bond donors (Lipinski definition) is 2. The summed E-state index contributed by atoms with van der Waals surface area (Å²) in [5.74, 6) is -1.91. The maximum Gasteiger partial charge on any atom is 0.338 e. The Morgan fingerprint density at radius 1 is 1.42 bits per heavy atom. The first-order chi connectivity index (χ1) is 8.97. The first-order valence-electron chi connectivity index (χ1n) is 5.09. The minimum absolute atomic E-state index is 0.00886. The van der Waals surface area contributed by atoms with Crippen molar-refractivity contribution in [2.45, 2.75) is 0 Å². The van der Waals surface area contributed by atoms with Crippen LogP contribution in [0.25, 0.3) is 0 Å². The Bertz CT molecular complexity index is 649. The highest BCUT2D eigenvalue weighted by atomic mass is 79.9. The number of carboxylic acids is 1. The number of nitrogen functional groups attached to an aromatic ring is 1. The maximum absolute atomic E-state index is 13.5. The molecule has 2 rings (SSSR count). The molecule has 1 aromatic carbocycles. The van der Waals surface area contributed by atoms with Crippen molar-refractivity contribution >= 4 is 27.6 Å². The minimum Gasteiger partial charge on any atom is -0.478 e. The van der Waals surface area contributed by atoms with Gasteiger partial charge in [-0.3, -0.25) is 0 Å². The average Bonchev–Trinajstić information content (AvgIpc) is 2.36. The van der Waals surface area contributed by atoms with Gasteiger partial charge >= 0.3 is 5.97 Å². The number of anilines is 1. The Labute approximate surface area is 116 Å². The Morgan fingerprint density at radius 2 is 2.16 bits per heavy atom. The molecule has 0 radical (unpaired) electrons. The van der Waals surface area contributed by atoms with Crippen LogP contribution in [0.5, 0.6) is 11.6 Å². The number of benzene rings is 1. The Hall–Kier alpha value is -2.15. The summed E-state index contributed by atoms with van der Waals surface area (Å²) in [5.41, 5.74) is 5.31. The molecule has 19 heavy (non-hydrogen) atoms. The predicted molar refractivity (Wildman–Crippen MR) is 69.8 cm³/mol. The number of hydrogen-bond acceptors (Lipinski definition) is 4. The largest absolute Gasteiger partial charge is 0.478 e. The van der Waals surface area contributed by atoms with Crippen LogP contribution in [0, 0.1) is 5.82 Å². The molecule has 0 aliphatic heterocycles. The van der Waals surface area contributed by atoms with Gasteiger partial charge in [0.05, 0.1) is 17.4 Å². The van der Waals surface area contributed by atoms with E-state index in [1.165, 1.54) is 18.2 Å². The molecule has 0 spiro atoms. The van der Waals surface area contributed by atoms with Gasteiger partial charge in [0, 0.05) is 10.5 Å². The number of aromatic carboxylic acids is 1. The van der Waals surface area contributed by atoms with Gasteiger partial charge in [0.1, 0.15) is 0 Å². The third-order valence-corrected chi connectivity index (χ3v) is 2.74. The molecule has 0 saturated carbocycles. The van der Waals surface area contributed by atoms with Crippen molar-refractivity contribution in [3.63, 3.8) is 0 Å². The summed E-state index contributed by atoms with van der Waals surface area (Å²) in [4.78, 5) is 14.7. The number of nitrogens with two attached hydrogens (primary N) is 1. The number of rotatable bonds is 3. The fourth-order valence-electron chi connectivity index (χ4n) is 1.36. The van der Waals surface area contributed by atoms with Crippen LogP contribution in [-0.4, -0.2) is 16.1 Å². The quantitative estimate of drug-likeness (QED) is 0.905. The van der Waals surface area contributed by atoms with Crippen molar-refractivity contribution in [3.8, 4) is 11.6 Å². The van der Waals surface area contributed by atoms with E-state index in [1.807, 2.05) is 0 Å². The molecule has 2 aromatic rings. The van der Waals surface area contributed by atoms with Crippen LogP contribution in [0.3, 0.4) is 0 Å². The van der Waals surface area contributed by atoms with E-state index in [0.717, 1.165) is 12.3 Å². The normalized spacial score (nSPS) is 10.2. The Morgan fingerprint density at radius 3 is 2.84 bits per heavy atom. The summed E-state index contributed by atoms with van der Waals surface area (Å²) in [6.45, 7) is 0. The van der Waals surface area contributed by atoms with E-state index >= 15 is 0 Å². The third-order valence-electron chi connectivity index (χ3n) is 2.25. The molecule has 1 heterocycles. The highest BCUT2D eigenvalue weighted by Gasteiger charge is 2.12. The minimum atomic E-state index is -1.21. The van der Waals surface area contributed by atoms with Crippen LogP contribution in [0.1, 0.15) is 10.4 Å². The smallest absolute Gasteiger partial charge is 0.338 e. The lowest BCUT2D eigenvalue weighted by molar-refractivity contribution is 0.0697. The Kier molecular flexibility index (Phi) is 3.66. The first kappa shape index (κ1) is 13.3. The molecular weight excluding hydrogens is 319 g/mol. The highest BCUT2D eigenvalue weighted by Crippen LogP contribution is 2.27. The van der Waals surface area contributed by atoms with Gasteiger partial charge in [-0.15, -0.1) is 0 Å². The van der Waals surface area contributed by atoms with Gasteiger partial charge in [-0.2, -0.15) is 0 Å². The zero-order valence-corrected chi connectivity index (χ0v) is 11.0. The molecule has 0 unspecified atom stereocenters. The van der Waals surface area contributed by atoms with Gasteiger partial charge in [0.2, 0.25) is 5.88 Å². The molecule has 0 fully saturated rings. The number of ether oxygens (including phenoxy) is 1. The van der Waals surface area contributed by atoms with Crippen LogP contribution in [0.15, 0.2) is 34.9 Å². The summed E-state index contributed by atoms with van der Waals surface area (Å²) < 4.78 is 19.3. The van der Waals surface area contributed by atoms with Crippen molar-refractivity contribution in [1.29, 1.82) is 0 Å². The first-order valence-corrected chi connectivity index (χ1v) is 5.88. The fraction of sp³-hybridized carbons (Fsp3) is 0. The van der Waals surface area contributed by atoms with E-state index < -0.39 is 11.8 Å². The molecule has 1 aromatic heterocycles. The van der Waals surface area contributed by atoms with Crippen molar-refractivity contribution < 1.29 is 19.0 Å². The topological polar surface area (TPSA) is 85.4 Å². The number of nitrogens with zero attached hydrogens (tertiary/aromatic N) is 1. The van der Waals surface area contributed by atoms with E-state index in [9.17, 15) is 9.18 Å². The van der Waals surface area contributed by atoms with Gasteiger partial charge in [0.25, 0.3) is 0 Å². The van der Waals surface area contributed by atoms with E-state index in [-0.39, 0.29) is 22.9 Å². The molecule has 7 heteroatoms. The lowest BCUT2D eigenvalue weighted by Crippen LogP contribution is -2.04. The zero-order valence-electron chi connectivity index (χ0n) is 9.43. The van der Waals surface area contributed by atoms with E-state index in [1.54, 1.807) is 0 Å². The van der Waals surface area contributed by atoms with Crippen LogP contribution in [0.2, 0.25) is 0 Å². The molecule has 0 saturated heterocycles. The summed E-state index contributed by atoms with van der Waals surface area (Å²) in [6.07, 6.45) is 1.15. The van der Waals surface area contributed by atoms with Gasteiger partial charge in [0.15, 0.2) is 11.6 Å². The van der Waals surface area contributed by atoms with Gasteiger partial charge in [-0.25, -0.2) is 14.2 Å². The summed E-state index contributed by atoms with van der Waals surface area (Å²) in [5, 5.41) is 8.91. The maximum atomic E-state index is 13.5. The zero-order chi connectivity index (χ0) is 14.0. The number of pyridine rings is 1. The lowest BCUT2D eigenvalue weighted by atomic mass is 10.2. The second-order valence-electron chi connectivity index (χ2n) is 3.59. The molecule has 0 amide bonds. The van der Waals surface area contributed by atoms with Crippen LogP contribution in [-0.2, 0) is 0 Å². The fourth-order valence-corrected chi connectivity index (χ4v) is 1.70. The summed E-state index contributed by atoms with van der Waals surface area (Å²) in [7, 11) is 0. The standard InChI is InChI=1S/C12H8BrFN2O3/c13-6-1-2-8(14)10(3-6)19-11-4-7(12(17)18)9(15)5-16-11/h1-5H,15H2,(H,17,18). The molecule has 5 nitrogen and oxygen atoms in total. The number of halogens is 2. The van der Waals surface area contributed by atoms with E-state index in [0.29, 0.717) is 4.47 Å². The molecular formula is C12H8BrFN2O3. The van der Waals surface area contributed by atoms with Crippen molar-refractivity contribution in [2.75, 3.05) is 5.73 Å². The highest BCUT2D eigenvalue weighted by molar-refractivity contribution is 9.10. The molecule has 0 aliphatic carbocycles. The number of aromatic nitrogens is 1. The van der Waals surface area contributed by atoms with E-state index in [4.69, 9.17) is 15.6 Å². The van der Waals surface area contributed by atoms with Gasteiger partial charge in [-0.05, 0) is 18.2 Å².